The maximum absolute atomic E-state index is 4.43. The average Bonchev–Trinajstić information content (AvgIpc) is 2.53. The van der Waals surface area contributed by atoms with Gasteiger partial charge in [0.05, 0.1) is 12.2 Å². The van der Waals surface area contributed by atoms with Gasteiger partial charge in [0.1, 0.15) is 5.82 Å². The van der Waals surface area contributed by atoms with Crippen molar-refractivity contribution in [2.75, 3.05) is 18.5 Å². The summed E-state index contributed by atoms with van der Waals surface area (Å²) in [6.07, 6.45) is 1.04. The largest absolute Gasteiger partial charge is 0.358 e. The smallest absolute Gasteiger partial charge is 0.126 e. The van der Waals surface area contributed by atoms with Gasteiger partial charge in [0, 0.05) is 19.7 Å². The van der Waals surface area contributed by atoms with Crippen LogP contribution in [0.4, 0.5) is 5.82 Å². The lowest BCUT2D eigenvalue weighted by atomic mass is 10.3. The minimum absolute atomic E-state index is 1.04. The number of likely N-dealkylation sites (N-methyl/N-ethyl adjacent to an activating group) is 1. The molecular weight excluding hydrogens is 138 g/mol. The van der Waals surface area contributed by atoms with E-state index in [0.717, 1.165) is 19.5 Å². The summed E-state index contributed by atoms with van der Waals surface area (Å²) >= 11 is 0. The van der Waals surface area contributed by atoms with Crippen molar-refractivity contribution >= 4 is 5.82 Å². The van der Waals surface area contributed by atoms with Gasteiger partial charge in [0.25, 0.3) is 0 Å². The van der Waals surface area contributed by atoms with E-state index in [9.17, 15) is 0 Å². The molecule has 1 aromatic heterocycles. The fourth-order valence-electron chi connectivity index (χ4n) is 1.46. The van der Waals surface area contributed by atoms with Crippen molar-refractivity contribution in [1.29, 1.82) is 0 Å². The molecule has 1 aliphatic heterocycles. The Kier molecular flexibility index (Phi) is 1.37. The molecule has 0 fully saturated rings. The molecule has 1 aromatic rings. The highest BCUT2D eigenvalue weighted by Crippen LogP contribution is 2.20. The Balaban J connectivity index is 2.38. The number of anilines is 1. The first kappa shape index (κ1) is 6.70. The van der Waals surface area contributed by atoms with Gasteiger partial charge in [-0.3, -0.25) is 0 Å². The minimum Gasteiger partial charge on any atom is -0.358 e. The molecule has 1 aliphatic rings. The number of fused-ring (bicyclic) bond motifs is 1. The second-order valence-corrected chi connectivity index (χ2v) is 2.99. The zero-order valence-corrected chi connectivity index (χ0v) is 7.04. The Morgan fingerprint density at radius 2 is 2.36 bits per heavy atom. The highest BCUT2D eigenvalue weighted by molar-refractivity contribution is 5.42. The zero-order valence-electron chi connectivity index (χ0n) is 7.04. The number of rotatable bonds is 1. The van der Waals surface area contributed by atoms with Crippen LogP contribution < -0.4 is 4.90 Å². The second kappa shape index (κ2) is 2.26. The molecule has 3 nitrogen and oxygen atoms in total. The summed E-state index contributed by atoms with van der Waals surface area (Å²) in [5, 5.41) is 4.43. The number of aryl methyl sites for hydroxylation is 1. The first-order valence-corrected chi connectivity index (χ1v) is 4.09. The average molecular weight is 151 g/mol. The predicted molar refractivity (Wildman–Crippen MR) is 44.9 cm³/mol. The third-order valence-corrected chi connectivity index (χ3v) is 2.21. The van der Waals surface area contributed by atoms with E-state index >= 15 is 0 Å². The number of aromatic nitrogens is 2. The van der Waals surface area contributed by atoms with Crippen LogP contribution in [0.3, 0.4) is 0 Å². The molecule has 11 heavy (non-hydrogen) atoms. The van der Waals surface area contributed by atoms with Crippen LogP contribution in [0.5, 0.6) is 0 Å². The summed E-state index contributed by atoms with van der Waals surface area (Å²) in [5.74, 6) is 1.27. The molecule has 0 saturated carbocycles. The number of nitrogens with zero attached hydrogens (tertiary/aromatic N) is 3. The lowest BCUT2D eigenvalue weighted by Gasteiger charge is -2.06. The van der Waals surface area contributed by atoms with Crippen molar-refractivity contribution in [3.05, 3.63) is 11.8 Å². The van der Waals surface area contributed by atoms with Crippen LogP contribution in [0.1, 0.15) is 12.6 Å². The quantitative estimate of drug-likeness (QED) is 0.594. The van der Waals surface area contributed by atoms with E-state index in [1.165, 1.54) is 11.5 Å². The van der Waals surface area contributed by atoms with Gasteiger partial charge in [-0.15, -0.1) is 0 Å². The first-order valence-electron chi connectivity index (χ1n) is 4.09. The van der Waals surface area contributed by atoms with Crippen LogP contribution in [0.2, 0.25) is 0 Å². The van der Waals surface area contributed by atoms with Crippen molar-refractivity contribution in [3.63, 3.8) is 0 Å². The highest BCUT2D eigenvalue weighted by Gasteiger charge is 2.16. The van der Waals surface area contributed by atoms with Crippen molar-refractivity contribution in [1.82, 2.24) is 9.78 Å². The van der Waals surface area contributed by atoms with E-state index in [1.54, 1.807) is 0 Å². The van der Waals surface area contributed by atoms with Crippen LogP contribution >= 0.6 is 0 Å². The monoisotopic (exact) mass is 151 g/mol. The molecule has 60 valence electrons. The maximum atomic E-state index is 4.43. The Morgan fingerprint density at radius 1 is 1.55 bits per heavy atom. The van der Waals surface area contributed by atoms with Gasteiger partial charge in [-0.05, 0) is 6.42 Å². The first-order chi connectivity index (χ1) is 5.31. The summed E-state index contributed by atoms with van der Waals surface area (Å²) < 4.78 is 2.08. The number of hydrogen-bond acceptors (Lipinski definition) is 2. The molecule has 0 aliphatic carbocycles. The molecule has 0 amide bonds. The van der Waals surface area contributed by atoms with E-state index in [2.05, 4.69) is 34.7 Å². The molecule has 2 rings (SSSR count). The van der Waals surface area contributed by atoms with Gasteiger partial charge < -0.3 is 4.90 Å². The molecule has 0 saturated heterocycles. The number of hydrogen-bond donors (Lipinski definition) is 0. The lowest BCUT2D eigenvalue weighted by Crippen LogP contribution is -2.12. The second-order valence-electron chi connectivity index (χ2n) is 2.99. The summed E-state index contributed by atoms with van der Waals surface area (Å²) in [5.41, 5.74) is 1.20. The van der Waals surface area contributed by atoms with Crippen LogP contribution in [0.15, 0.2) is 6.07 Å². The highest BCUT2D eigenvalue weighted by atomic mass is 15.4. The Labute approximate surface area is 66.6 Å². The molecular formula is C8H13N3. The minimum atomic E-state index is 1.04. The SMILES string of the molecule is CCc1cc2n(n1)CCN2C. The van der Waals surface area contributed by atoms with E-state index < -0.39 is 0 Å². The van der Waals surface area contributed by atoms with Gasteiger partial charge in [0.15, 0.2) is 0 Å². The molecule has 0 atom stereocenters. The van der Waals surface area contributed by atoms with Crippen LogP contribution in [0.25, 0.3) is 0 Å². The van der Waals surface area contributed by atoms with Crippen LogP contribution in [0, 0.1) is 0 Å². The molecule has 0 radical (unpaired) electrons. The van der Waals surface area contributed by atoms with Gasteiger partial charge in [0.2, 0.25) is 0 Å². The molecule has 2 heterocycles. The van der Waals surface area contributed by atoms with Crippen LogP contribution in [-0.2, 0) is 13.0 Å². The van der Waals surface area contributed by atoms with E-state index in [4.69, 9.17) is 0 Å². The fourth-order valence-corrected chi connectivity index (χ4v) is 1.46. The molecule has 0 spiro atoms. The standard InChI is InChI=1S/C8H13N3/c1-3-7-6-8-10(2)4-5-11(8)9-7/h6H,3-5H2,1-2H3. The van der Waals surface area contributed by atoms with Gasteiger partial charge in [-0.2, -0.15) is 5.10 Å². The van der Waals surface area contributed by atoms with Crippen LogP contribution in [-0.4, -0.2) is 23.4 Å². The normalized spacial score (nSPS) is 15.6. The Bertz CT molecular complexity index is 264. The summed E-state index contributed by atoms with van der Waals surface area (Å²) in [6.45, 7) is 4.29. The van der Waals surface area contributed by atoms with E-state index in [-0.39, 0.29) is 0 Å². The fraction of sp³-hybridized carbons (Fsp3) is 0.625. The van der Waals surface area contributed by atoms with Gasteiger partial charge in [-0.1, -0.05) is 6.92 Å². The molecule has 0 aromatic carbocycles. The maximum Gasteiger partial charge on any atom is 0.126 e. The Morgan fingerprint density at radius 3 is 3.00 bits per heavy atom. The lowest BCUT2D eigenvalue weighted by molar-refractivity contribution is 0.677. The summed E-state index contributed by atoms with van der Waals surface area (Å²) in [6, 6.07) is 2.17. The molecule has 0 bridgehead atoms. The van der Waals surface area contributed by atoms with E-state index in [0.29, 0.717) is 0 Å². The third kappa shape index (κ3) is 0.914. The zero-order chi connectivity index (χ0) is 7.84. The Hall–Kier alpha value is -0.990. The van der Waals surface area contributed by atoms with Gasteiger partial charge >= 0.3 is 0 Å². The molecule has 0 N–H and O–H groups in total. The third-order valence-electron chi connectivity index (χ3n) is 2.21. The van der Waals surface area contributed by atoms with Crippen molar-refractivity contribution in [2.45, 2.75) is 19.9 Å². The predicted octanol–water partition coefficient (Wildman–Crippen LogP) is 0.895. The van der Waals surface area contributed by atoms with Crippen molar-refractivity contribution < 1.29 is 0 Å². The summed E-state index contributed by atoms with van der Waals surface area (Å²) in [4.78, 5) is 2.24. The molecule has 3 heteroatoms. The van der Waals surface area contributed by atoms with Gasteiger partial charge in [-0.25, -0.2) is 4.68 Å². The van der Waals surface area contributed by atoms with Crippen molar-refractivity contribution in [3.8, 4) is 0 Å². The van der Waals surface area contributed by atoms with E-state index in [1.807, 2.05) is 0 Å². The molecule has 0 unspecified atom stereocenters. The van der Waals surface area contributed by atoms with Crippen molar-refractivity contribution in [2.24, 2.45) is 0 Å². The summed E-state index contributed by atoms with van der Waals surface area (Å²) in [7, 11) is 2.11. The topological polar surface area (TPSA) is 21.1 Å².